The van der Waals surface area contributed by atoms with Crippen molar-refractivity contribution in [1.29, 1.82) is 5.26 Å². The first-order valence-electron chi connectivity index (χ1n) is 8.76. The topological polar surface area (TPSA) is 68.2 Å². The molecule has 140 valence electrons. The summed E-state index contributed by atoms with van der Waals surface area (Å²) in [6, 6.07) is 12.8. The highest BCUT2D eigenvalue weighted by atomic mass is 19.2. The maximum atomic E-state index is 13.4. The van der Waals surface area contributed by atoms with Crippen LogP contribution in [0.5, 0.6) is 0 Å². The standard InChI is InChI=1S/C20H20F2N4O/c21-18-6-5-17(9-19(18)22)26-8-7-15(13-26)11-25-20(27)12-24-16-3-1-14(10-23)2-4-16/h1-6,9,15,24H,7-8,11-13H2,(H,25,27). The van der Waals surface area contributed by atoms with Crippen molar-refractivity contribution in [3.05, 3.63) is 59.7 Å². The zero-order chi connectivity index (χ0) is 19.2. The first kappa shape index (κ1) is 18.6. The summed E-state index contributed by atoms with van der Waals surface area (Å²) in [7, 11) is 0. The predicted molar refractivity (Wildman–Crippen MR) is 99.3 cm³/mol. The molecule has 0 aromatic heterocycles. The molecule has 0 aliphatic carbocycles. The van der Waals surface area contributed by atoms with Crippen LogP contribution in [0.2, 0.25) is 0 Å². The summed E-state index contributed by atoms with van der Waals surface area (Å²) in [5, 5.41) is 14.7. The minimum atomic E-state index is -0.850. The molecular formula is C20H20F2N4O. The van der Waals surface area contributed by atoms with Crippen LogP contribution in [0.25, 0.3) is 0 Å². The molecule has 1 unspecified atom stereocenters. The number of carbonyl (C=O) groups excluding carboxylic acids is 1. The SMILES string of the molecule is N#Cc1ccc(NCC(=O)NCC2CCN(c3ccc(F)c(F)c3)C2)cc1. The number of halogens is 2. The van der Waals surface area contributed by atoms with Crippen molar-refractivity contribution >= 4 is 17.3 Å². The zero-order valence-corrected chi connectivity index (χ0v) is 14.7. The van der Waals surface area contributed by atoms with Gasteiger partial charge in [-0.15, -0.1) is 0 Å². The van der Waals surface area contributed by atoms with E-state index in [0.717, 1.165) is 24.7 Å². The summed E-state index contributed by atoms with van der Waals surface area (Å²) in [4.78, 5) is 14.0. The van der Waals surface area contributed by atoms with Crippen LogP contribution in [0, 0.1) is 28.9 Å². The number of nitrogens with zero attached hydrogens (tertiary/aromatic N) is 2. The third kappa shape index (κ3) is 4.94. The summed E-state index contributed by atoms with van der Waals surface area (Å²) >= 11 is 0. The van der Waals surface area contributed by atoms with E-state index < -0.39 is 11.6 Å². The lowest BCUT2D eigenvalue weighted by molar-refractivity contribution is -0.119. The number of anilines is 2. The van der Waals surface area contributed by atoms with E-state index in [2.05, 4.69) is 10.6 Å². The highest BCUT2D eigenvalue weighted by Crippen LogP contribution is 2.25. The Bertz CT molecular complexity index is 848. The largest absolute Gasteiger partial charge is 0.376 e. The summed E-state index contributed by atoms with van der Waals surface area (Å²) in [5.41, 5.74) is 2.00. The molecule has 2 aromatic rings. The monoisotopic (exact) mass is 370 g/mol. The number of amides is 1. The molecule has 0 bridgehead atoms. The fourth-order valence-corrected chi connectivity index (χ4v) is 3.08. The van der Waals surface area contributed by atoms with Crippen LogP contribution in [-0.2, 0) is 4.79 Å². The minimum absolute atomic E-state index is 0.120. The van der Waals surface area contributed by atoms with Crippen LogP contribution < -0.4 is 15.5 Å². The first-order valence-corrected chi connectivity index (χ1v) is 8.76. The molecule has 1 heterocycles. The van der Waals surface area contributed by atoms with Crippen molar-refractivity contribution in [2.45, 2.75) is 6.42 Å². The molecule has 0 saturated carbocycles. The van der Waals surface area contributed by atoms with Crippen LogP contribution in [0.1, 0.15) is 12.0 Å². The van der Waals surface area contributed by atoms with Crippen molar-refractivity contribution in [3.8, 4) is 6.07 Å². The Hall–Kier alpha value is -3.14. The molecule has 3 rings (SSSR count). The van der Waals surface area contributed by atoms with Crippen LogP contribution in [0.3, 0.4) is 0 Å². The fraction of sp³-hybridized carbons (Fsp3) is 0.300. The second-order valence-electron chi connectivity index (χ2n) is 6.55. The van der Waals surface area contributed by atoms with Crippen molar-refractivity contribution in [3.63, 3.8) is 0 Å². The molecule has 27 heavy (non-hydrogen) atoms. The highest BCUT2D eigenvalue weighted by molar-refractivity contribution is 5.80. The van der Waals surface area contributed by atoms with Gasteiger partial charge >= 0.3 is 0 Å². The fourth-order valence-electron chi connectivity index (χ4n) is 3.08. The quantitative estimate of drug-likeness (QED) is 0.821. The van der Waals surface area contributed by atoms with Gasteiger partial charge in [-0.1, -0.05) is 0 Å². The zero-order valence-electron chi connectivity index (χ0n) is 14.7. The number of rotatable bonds is 6. The molecule has 0 spiro atoms. The van der Waals surface area contributed by atoms with Gasteiger partial charge in [0.1, 0.15) is 0 Å². The van der Waals surface area contributed by atoms with Gasteiger partial charge in [-0.3, -0.25) is 4.79 Å². The normalized spacial score (nSPS) is 16.0. The molecule has 2 N–H and O–H groups in total. The molecule has 7 heteroatoms. The van der Waals surface area contributed by atoms with Crippen molar-refractivity contribution < 1.29 is 13.6 Å². The third-order valence-electron chi connectivity index (χ3n) is 4.61. The molecule has 1 amide bonds. The molecule has 1 atom stereocenters. The van der Waals surface area contributed by atoms with Crippen LogP contribution >= 0.6 is 0 Å². The molecule has 1 saturated heterocycles. The number of benzene rings is 2. The summed E-state index contributed by atoms with van der Waals surface area (Å²) in [6.07, 6.45) is 0.877. The Morgan fingerprint density at radius 2 is 1.96 bits per heavy atom. The lowest BCUT2D eigenvalue weighted by atomic mass is 10.1. The summed E-state index contributed by atoms with van der Waals surface area (Å²) < 4.78 is 26.4. The van der Waals surface area contributed by atoms with Crippen LogP contribution in [-0.4, -0.2) is 32.1 Å². The number of carbonyl (C=O) groups is 1. The van der Waals surface area contributed by atoms with Gasteiger partial charge in [-0.2, -0.15) is 5.26 Å². The van der Waals surface area contributed by atoms with Gasteiger partial charge in [0, 0.05) is 37.1 Å². The van der Waals surface area contributed by atoms with Crippen molar-refractivity contribution in [2.24, 2.45) is 5.92 Å². The van der Waals surface area contributed by atoms with E-state index in [4.69, 9.17) is 5.26 Å². The number of nitriles is 1. The van der Waals surface area contributed by atoms with Crippen LogP contribution in [0.15, 0.2) is 42.5 Å². The van der Waals surface area contributed by atoms with E-state index >= 15 is 0 Å². The third-order valence-corrected chi connectivity index (χ3v) is 4.61. The Morgan fingerprint density at radius 1 is 1.19 bits per heavy atom. The first-order chi connectivity index (χ1) is 13.0. The Balaban J connectivity index is 1.41. The molecule has 0 radical (unpaired) electrons. The highest BCUT2D eigenvalue weighted by Gasteiger charge is 2.23. The van der Waals surface area contributed by atoms with Gasteiger partial charge in [-0.25, -0.2) is 8.78 Å². The Kier molecular flexibility index (Phi) is 5.87. The molecule has 2 aromatic carbocycles. The van der Waals surface area contributed by atoms with E-state index in [9.17, 15) is 13.6 Å². The molecule has 5 nitrogen and oxygen atoms in total. The summed E-state index contributed by atoms with van der Waals surface area (Å²) in [6.45, 7) is 2.11. The van der Waals surface area contributed by atoms with Crippen molar-refractivity contribution in [1.82, 2.24) is 5.32 Å². The second-order valence-corrected chi connectivity index (χ2v) is 6.55. The van der Waals surface area contributed by atoms with Gasteiger partial charge < -0.3 is 15.5 Å². The van der Waals surface area contributed by atoms with Gasteiger partial charge in [0.05, 0.1) is 18.2 Å². The maximum Gasteiger partial charge on any atom is 0.239 e. The van der Waals surface area contributed by atoms with E-state index in [0.29, 0.717) is 24.3 Å². The van der Waals surface area contributed by atoms with Gasteiger partial charge in [0.15, 0.2) is 11.6 Å². The lowest BCUT2D eigenvalue weighted by Gasteiger charge is -2.19. The van der Waals surface area contributed by atoms with Gasteiger partial charge in [-0.05, 0) is 48.7 Å². The maximum absolute atomic E-state index is 13.4. The molecule has 1 aliphatic heterocycles. The smallest absolute Gasteiger partial charge is 0.239 e. The number of hydrogen-bond donors (Lipinski definition) is 2. The van der Waals surface area contributed by atoms with Crippen molar-refractivity contribution in [2.75, 3.05) is 36.4 Å². The van der Waals surface area contributed by atoms with E-state index in [-0.39, 0.29) is 18.4 Å². The molecule has 1 aliphatic rings. The number of hydrogen-bond acceptors (Lipinski definition) is 4. The molecular weight excluding hydrogens is 350 g/mol. The Morgan fingerprint density at radius 3 is 2.67 bits per heavy atom. The van der Waals surface area contributed by atoms with E-state index in [1.165, 1.54) is 6.07 Å². The predicted octanol–water partition coefficient (Wildman–Crippen LogP) is 2.89. The van der Waals surface area contributed by atoms with Crippen LogP contribution in [0.4, 0.5) is 20.2 Å². The Labute approximate surface area is 156 Å². The minimum Gasteiger partial charge on any atom is -0.376 e. The average molecular weight is 370 g/mol. The van der Waals surface area contributed by atoms with Gasteiger partial charge in [0.2, 0.25) is 5.91 Å². The number of nitrogens with one attached hydrogen (secondary N) is 2. The lowest BCUT2D eigenvalue weighted by Crippen LogP contribution is -2.34. The second kappa shape index (κ2) is 8.49. The average Bonchev–Trinajstić information content (AvgIpc) is 3.16. The summed E-state index contributed by atoms with van der Waals surface area (Å²) in [5.74, 6) is -1.56. The van der Waals surface area contributed by atoms with Gasteiger partial charge in [0.25, 0.3) is 0 Å². The van der Waals surface area contributed by atoms with E-state index in [1.807, 2.05) is 11.0 Å². The molecule has 1 fully saturated rings. The van der Waals surface area contributed by atoms with E-state index in [1.54, 1.807) is 30.3 Å².